The van der Waals surface area contributed by atoms with Gasteiger partial charge in [0, 0.05) is 18.1 Å². The number of benzene rings is 3. The third-order valence-corrected chi connectivity index (χ3v) is 7.04. The van der Waals surface area contributed by atoms with Crippen molar-refractivity contribution in [2.75, 3.05) is 10.0 Å². The highest BCUT2D eigenvalue weighted by Gasteiger charge is 2.55. The summed E-state index contributed by atoms with van der Waals surface area (Å²) in [4.78, 5) is 11.5. The van der Waals surface area contributed by atoms with Crippen molar-refractivity contribution in [3.8, 4) is 0 Å². The Labute approximate surface area is 190 Å². The first kappa shape index (κ1) is 19.8. The lowest BCUT2D eigenvalue weighted by Gasteiger charge is -2.47. The van der Waals surface area contributed by atoms with Crippen LogP contribution >= 0.6 is 23.4 Å². The Bertz CT molecular complexity index is 1240. The van der Waals surface area contributed by atoms with Crippen LogP contribution in [-0.2, 0) is 9.79 Å². The second kappa shape index (κ2) is 7.55. The van der Waals surface area contributed by atoms with Crippen LogP contribution < -0.4 is 10.0 Å². The van der Waals surface area contributed by atoms with Crippen LogP contribution in [0, 0.1) is 0 Å². The molecule has 2 aliphatic rings. The lowest BCUT2D eigenvalue weighted by Crippen LogP contribution is -2.53. The summed E-state index contributed by atoms with van der Waals surface area (Å²) in [5.74, 6) is -0.101. The Hall–Kier alpha value is -3.09. The van der Waals surface area contributed by atoms with Gasteiger partial charge in [0.25, 0.3) is 0 Å². The van der Waals surface area contributed by atoms with E-state index in [1.54, 1.807) is 0 Å². The highest BCUT2D eigenvalue weighted by molar-refractivity contribution is 8.17. The predicted octanol–water partition coefficient (Wildman–Crippen LogP) is 5.85. The molecule has 5 nitrogen and oxygen atoms in total. The molecule has 154 valence electrons. The Morgan fingerprint density at radius 2 is 1.58 bits per heavy atom. The minimum Gasteiger partial charge on any atom is -0.292 e. The molecule has 1 spiro atoms. The van der Waals surface area contributed by atoms with Crippen molar-refractivity contribution in [2.24, 2.45) is 10.2 Å². The van der Waals surface area contributed by atoms with Crippen LogP contribution in [0.5, 0.6) is 0 Å². The Morgan fingerprint density at radius 1 is 0.903 bits per heavy atom. The van der Waals surface area contributed by atoms with Gasteiger partial charge in [-0.2, -0.15) is 10.2 Å². The Morgan fingerprint density at radius 3 is 2.32 bits per heavy atom. The van der Waals surface area contributed by atoms with Crippen molar-refractivity contribution >= 4 is 51.3 Å². The van der Waals surface area contributed by atoms with Gasteiger partial charge in [-0.15, -0.1) is 0 Å². The number of para-hydroxylation sites is 2. The molecular formula is C24H19ClN4OS. The van der Waals surface area contributed by atoms with E-state index in [1.165, 1.54) is 18.7 Å². The van der Waals surface area contributed by atoms with Crippen molar-refractivity contribution in [1.82, 2.24) is 0 Å². The number of fused-ring (bicyclic) bond motifs is 2. The molecule has 5 rings (SSSR count). The van der Waals surface area contributed by atoms with Crippen LogP contribution in [-0.4, -0.2) is 16.5 Å². The molecule has 0 radical (unpaired) electrons. The molecule has 31 heavy (non-hydrogen) atoms. The number of Topliss-reactive ketones (excluding diaryl/α,β-unsaturated/α-hetero) is 1. The van der Waals surface area contributed by atoms with Gasteiger partial charge < -0.3 is 0 Å². The number of hydrazone groups is 2. The molecule has 0 N–H and O–H groups in total. The summed E-state index contributed by atoms with van der Waals surface area (Å²) >= 11 is 8.01. The zero-order valence-corrected chi connectivity index (χ0v) is 18.6. The first-order valence-electron chi connectivity index (χ1n) is 9.86. The molecule has 0 fully saturated rings. The van der Waals surface area contributed by atoms with Gasteiger partial charge in [0.05, 0.1) is 22.1 Å². The third-order valence-electron chi connectivity index (χ3n) is 5.30. The topological polar surface area (TPSA) is 48.3 Å². The van der Waals surface area contributed by atoms with E-state index in [1.807, 2.05) is 83.7 Å². The van der Waals surface area contributed by atoms with Gasteiger partial charge in [-0.3, -0.25) is 4.79 Å². The van der Waals surface area contributed by atoms with Gasteiger partial charge in [0.15, 0.2) is 10.8 Å². The monoisotopic (exact) mass is 446 g/mol. The number of thioether (sulfide) groups is 1. The normalized spacial score (nSPS) is 19.8. The van der Waals surface area contributed by atoms with Crippen molar-refractivity contribution in [3.63, 3.8) is 0 Å². The second-order valence-electron chi connectivity index (χ2n) is 7.31. The lowest BCUT2D eigenvalue weighted by atomic mass is 9.98. The van der Waals surface area contributed by atoms with Crippen molar-refractivity contribution in [1.29, 1.82) is 0 Å². The molecule has 1 atom stereocenters. The van der Waals surface area contributed by atoms with E-state index in [0.717, 1.165) is 22.5 Å². The van der Waals surface area contributed by atoms with Gasteiger partial charge in [-0.25, -0.2) is 10.0 Å². The fourth-order valence-corrected chi connectivity index (χ4v) is 5.41. The molecule has 0 saturated heterocycles. The summed E-state index contributed by atoms with van der Waals surface area (Å²) in [5.41, 5.74) is 4.50. The molecule has 0 aliphatic carbocycles. The number of carbonyl (C=O) groups is 1. The number of ketones is 1. The molecule has 0 aromatic heterocycles. The SMILES string of the molecule is CC(=O)C1=NN(c2ccccc2Cl)[C@@]2(S1)c1ccccc1C(C)=NN2c1ccccc1. The number of carbonyl (C=O) groups excluding carboxylic acids is 1. The van der Waals surface area contributed by atoms with Crippen LogP contribution in [0.25, 0.3) is 0 Å². The van der Waals surface area contributed by atoms with E-state index in [0.29, 0.717) is 15.8 Å². The average Bonchev–Trinajstić information content (AvgIpc) is 3.19. The van der Waals surface area contributed by atoms with Crippen molar-refractivity contribution < 1.29 is 4.79 Å². The largest absolute Gasteiger partial charge is 0.292 e. The summed E-state index contributed by atoms with van der Waals surface area (Å²) in [6.07, 6.45) is 0. The molecule has 2 aliphatic heterocycles. The summed E-state index contributed by atoms with van der Waals surface area (Å²) in [6, 6.07) is 25.6. The molecule has 0 saturated carbocycles. The molecule has 0 amide bonds. The zero-order valence-electron chi connectivity index (χ0n) is 17.0. The number of rotatable bonds is 3. The van der Waals surface area contributed by atoms with E-state index >= 15 is 0 Å². The van der Waals surface area contributed by atoms with Crippen LogP contribution in [0.3, 0.4) is 0 Å². The maximum atomic E-state index is 12.5. The van der Waals surface area contributed by atoms with Crippen LogP contribution in [0.2, 0.25) is 5.02 Å². The minimum absolute atomic E-state index is 0.101. The highest BCUT2D eigenvalue weighted by Crippen LogP contribution is 2.55. The van der Waals surface area contributed by atoms with Crippen LogP contribution in [0.4, 0.5) is 11.4 Å². The molecule has 0 unspecified atom stereocenters. The maximum absolute atomic E-state index is 12.5. The lowest BCUT2D eigenvalue weighted by molar-refractivity contribution is -0.110. The average molecular weight is 447 g/mol. The Balaban J connectivity index is 1.84. The first-order chi connectivity index (χ1) is 15.0. The van der Waals surface area contributed by atoms with Crippen LogP contribution in [0.15, 0.2) is 89.1 Å². The molecule has 7 heteroatoms. The van der Waals surface area contributed by atoms with Crippen molar-refractivity contribution in [2.45, 2.75) is 18.8 Å². The highest BCUT2D eigenvalue weighted by atomic mass is 35.5. The van der Waals surface area contributed by atoms with E-state index in [-0.39, 0.29) is 5.78 Å². The predicted molar refractivity (Wildman–Crippen MR) is 129 cm³/mol. The first-order valence-corrected chi connectivity index (χ1v) is 11.1. The maximum Gasteiger partial charge on any atom is 0.234 e. The third kappa shape index (κ3) is 3.06. The molecule has 2 heterocycles. The van der Waals surface area contributed by atoms with Gasteiger partial charge in [0.1, 0.15) is 0 Å². The summed E-state index contributed by atoms with van der Waals surface area (Å²) in [7, 11) is 0. The van der Waals surface area contributed by atoms with Gasteiger partial charge >= 0.3 is 0 Å². The van der Waals surface area contributed by atoms with E-state index < -0.39 is 4.99 Å². The quantitative estimate of drug-likeness (QED) is 0.506. The van der Waals surface area contributed by atoms with Crippen LogP contribution in [0.1, 0.15) is 25.0 Å². The fourth-order valence-electron chi connectivity index (χ4n) is 3.91. The van der Waals surface area contributed by atoms with Gasteiger partial charge in [-0.1, -0.05) is 66.2 Å². The zero-order chi connectivity index (χ0) is 21.6. The van der Waals surface area contributed by atoms with Crippen molar-refractivity contribution in [3.05, 3.63) is 95.0 Å². The number of anilines is 2. The molecular weight excluding hydrogens is 428 g/mol. The summed E-state index contributed by atoms with van der Waals surface area (Å²) in [5, 5.41) is 14.5. The van der Waals surface area contributed by atoms with Gasteiger partial charge in [-0.05, 0) is 43.0 Å². The fraction of sp³-hybridized carbons (Fsp3) is 0.125. The van der Waals surface area contributed by atoms with E-state index in [4.69, 9.17) is 21.8 Å². The summed E-state index contributed by atoms with van der Waals surface area (Å²) < 4.78 is 0. The number of hydrogen-bond donors (Lipinski definition) is 0. The standard InChI is InChI=1S/C24H19ClN4OS/c1-16-19-12-6-7-13-20(19)24(28(26-16)18-10-4-3-5-11-18)29(27-23(31-24)17(2)30)22-15-9-8-14-21(22)25/h3-15H,1-2H3/t24-/m1/s1. The molecule has 0 bridgehead atoms. The minimum atomic E-state index is -0.941. The number of halogens is 1. The second-order valence-corrected chi connectivity index (χ2v) is 8.88. The smallest absolute Gasteiger partial charge is 0.234 e. The molecule has 3 aromatic carbocycles. The van der Waals surface area contributed by atoms with E-state index in [9.17, 15) is 4.79 Å². The number of nitrogens with zero attached hydrogens (tertiary/aromatic N) is 4. The van der Waals surface area contributed by atoms with E-state index in [2.05, 4.69) is 12.1 Å². The summed E-state index contributed by atoms with van der Waals surface area (Å²) in [6.45, 7) is 3.53. The molecule has 3 aromatic rings. The Kier molecular flexibility index (Phi) is 4.84. The number of hydrogen-bond acceptors (Lipinski definition) is 6. The van der Waals surface area contributed by atoms with Gasteiger partial charge in [0.2, 0.25) is 4.99 Å².